The molecule has 0 aromatic heterocycles. The number of ketones is 1. The first-order chi connectivity index (χ1) is 10.2. The second-order valence-electron chi connectivity index (χ2n) is 7.33. The topological polar surface area (TPSA) is 26.3 Å². The van der Waals surface area contributed by atoms with Crippen molar-refractivity contribution in [2.75, 3.05) is 0 Å². The maximum atomic E-state index is 12.2. The highest BCUT2D eigenvalue weighted by Gasteiger charge is 2.40. The molecule has 1 aliphatic carbocycles. The van der Waals surface area contributed by atoms with Crippen molar-refractivity contribution in [1.29, 1.82) is 0 Å². The fourth-order valence-electron chi connectivity index (χ4n) is 2.13. The Hall–Kier alpha value is -0.843. The summed E-state index contributed by atoms with van der Waals surface area (Å²) in [6.07, 6.45) is 4.48. The van der Waals surface area contributed by atoms with Crippen molar-refractivity contribution in [1.82, 2.24) is 0 Å². The van der Waals surface area contributed by atoms with Crippen LogP contribution in [0, 0.1) is 0 Å². The van der Waals surface area contributed by atoms with E-state index in [0.29, 0.717) is 0 Å². The molecule has 2 nitrogen and oxygen atoms in total. The molecule has 2 rings (SSSR count). The van der Waals surface area contributed by atoms with E-state index in [-0.39, 0.29) is 22.2 Å². The SMILES string of the molecule is CC(C)(C)[Si](C)(C)O[C@@H]1C=CC(=O)[C@H](Sc2ccccc2)C1. The molecule has 22 heavy (non-hydrogen) atoms. The first kappa shape index (κ1) is 17.5. The quantitative estimate of drug-likeness (QED) is 0.719. The Kier molecular flexibility index (Phi) is 5.36. The molecule has 1 aromatic carbocycles. The molecule has 0 aliphatic heterocycles. The van der Waals surface area contributed by atoms with Crippen LogP contribution in [0.15, 0.2) is 47.4 Å². The molecule has 0 radical (unpaired) electrons. The maximum Gasteiger partial charge on any atom is 0.192 e. The number of allylic oxidation sites excluding steroid dienone is 1. The molecule has 2 atom stereocenters. The maximum absolute atomic E-state index is 12.2. The van der Waals surface area contributed by atoms with Gasteiger partial charge in [0.1, 0.15) is 0 Å². The molecule has 1 aromatic rings. The molecule has 0 bridgehead atoms. The molecular weight excluding hydrogens is 308 g/mol. The number of hydrogen-bond donors (Lipinski definition) is 0. The molecule has 1 aliphatic rings. The van der Waals surface area contributed by atoms with Crippen LogP contribution in [0.2, 0.25) is 18.1 Å². The summed E-state index contributed by atoms with van der Waals surface area (Å²) in [5.74, 6) is 0.198. The van der Waals surface area contributed by atoms with Gasteiger partial charge in [-0.15, -0.1) is 11.8 Å². The molecule has 0 N–H and O–H groups in total. The van der Waals surface area contributed by atoms with Gasteiger partial charge in [0.15, 0.2) is 14.1 Å². The number of carbonyl (C=O) groups excluding carboxylic acids is 1. The summed E-state index contributed by atoms with van der Waals surface area (Å²) in [5.41, 5.74) is 0. The van der Waals surface area contributed by atoms with E-state index in [1.54, 1.807) is 17.8 Å². The van der Waals surface area contributed by atoms with E-state index < -0.39 is 8.32 Å². The van der Waals surface area contributed by atoms with Crippen LogP contribution in [0.25, 0.3) is 0 Å². The van der Waals surface area contributed by atoms with Gasteiger partial charge in [0.25, 0.3) is 0 Å². The highest BCUT2D eigenvalue weighted by Crippen LogP contribution is 2.39. The average molecular weight is 335 g/mol. The van der Waals surface area contributed by atoms with Crippen LogP contribution in [0.1, 0.15) is 27.2 Å². The fraction of sp³-hybridized carbons (Fsp3) is 0.500. The summed E-state index contributed by atoms with van der Waals surface area (Å²) in [6.45, 7) is 11.3. The number of benzene rings is 1. The minimum atomic E-state index is -1.81. The summed E-state index contributed by atoms with van der Waals surface area (Å²) in [4.78, 5) is 13.3. The van der Waals surface area contributed by atoms with Gasteiger partial charge in [0, 0.05) is 4.90 Å². The third kappa shape index (κ3) is 4.34. The van der Waals surface area contributed by atoms with E-state index in [4.69, 9.17) is 4.43 Å². The number of thioether (sulfide) groups is 1. The molecule has 0 amide bonds. The third-order valence-electron chi connectivity index (χ3n) is 4.51. The van der Waals surface area contributed by atoms with Crippen LogP contribution >= 0.6 is 11.8 Å². The molecule has 0 unspecified atom stereocenters. The molecule has 0 saturated carbocycles. The monoisotopic (exact) mass is 334 g/mol. The highest BCUT2D eigenvalue weighted by molar-refractivity contribution is 8.00. The van der Waals surface area contributed by atoms with E-state index in [1.807, 2.05) is 24.3 Å². The van der Waals surface area contributed by atoms with Gasteiger partial charge in [0.05, 0.1) is 11.4 Å². The summed E-state index contributed by atoms with van der Waals surface area (Å²) in [6, 6.07) is 10.1. The van der Waals surface area contributed by atoms with Crippen LogP contribution in [0.5, 0.6) is 0 Å². The Morgan fingerprint density at radius 2 is 1.82 bits per heavy atom. The van der Waals surface area contributed by atoms with Gasteiger partial charge >= 0.3 is 0 Å². The minimum Gasteiger partial charge on any atom is -0.410 e. The van der Waals surface area contributed by atoms with E-state index >= 15 is 0 Å². The van der Waals surface area contributed by atoms with E-state index in [9.17, 15) is 4.79 Å². The normalized spacial score (nSPS) is 22.9. The van der Waals surface area contributed by atoms with Crippen LogP contribution < -0.4 is 0 Å². The summed E-state index contributed by atoms with van der Waals surface area (Å²) in [5, 5.41) is 0.145. The first-order valence-electron chi connectivity index (χ1n) is 7.80. The van der Waals surface area contributed by atoms with Crippen molar-refractivity contribution in [2.45, 2.75) is 61.6 Å². The molecule has 120 valence electrons. The van der Waals surface area contributed by atoms with E-state index in [0.717, 1.165) is 11.3 Å². The largest absolute Gasteiger partial charge is 0.410 e. The number of carbonyl (C=O) groups is 1. The van der Waals surface area contributed by atoms with Gasteiger partial charge in [-0.1, -0.05) is 45.0 Å². The second-order valence-corrected chi connectivity index (χ2v) is 13.4. The summed E-state index contributed by atoms with van der Waals surface area (Å²) >= 11 is 1.64. The van der Waals surface area contributed by atoms with Crippen molar-refractivity contribution >= 4 is 25.9 Å². The Labute approximate surface area is 139 Å². The van der Waals surface area contributed by atoms with Crippen molar-refractivity contribution in [3.05, 3.63) is 42.5 Å². The van der Waals surface area contributed by atoms with Gasteiger partial charge in [-0.05, 0) is 42.8 Å². The molecule has 4 heteroatoms. The zero-order valence-electron chi connectivity index (χ0n) is 14.1. The smallest absolute Gasteiger partial charge is 0.192 e. The standard InChI is InChI=1S/C18H26O2SSi/c1-18(2,3)22(4,5)20-14-11-12-16(19)17(13-14)21-15-9-7-6-8-10-15/h6-12,14,17H,13H2,1-5H3/t14-,17-/m1/s1. The van der Waals surface area contributed by atoms with Crippen LogP contribution in [-0.2, 0) is 9.22 Å². The predicted molar refractivity (Wildman–Crippen MR) is 96.9 cm³/mol. The van der Waals surface area contributed by atoms with Crippen LogP contribution in [0.3, 0.4) is 0 Å². The second kappa shape index (κ2) is 6.73. The summed E-state index contributed by atoms with van der Waals surface area (Å²) < 4.78 is 6.45. The summed E-state index contributed by atoms with van der Waals surface area (Å²) in [7, 11) is -1.81. The van der Waals surface area contributed by atoms with Gasteiger partial charge in [0.2, 0.25) is 0 Å². The van der Waals surface area contributed by atoms with Gasteiger partial charge < -0.3 is 4.43 Å². The minimum absolute atomic E-state index is 0.0397. The van der Waals surface area contributed by atoms with Crippen molar-refractivity contribution in [3.8, 4) is 0 Å². The lowest BCUT2D eigenvalue weighted by Gasteiger charge is -2.39. The Bertz CT molecular complexity index is 546. The lowest BCUT2D eigenvalue weighted by Crippen LogP contribution is -2.45. The van der Waals surface area contributed by atoms with Crippen molar-refractivity contribution < 1.29 is 9.22 Å². The lowest BCUT2D eigenvalue weighted by molar-refractivity contribution is -0.115. The molecule has 0 heterocycles. The third-order valence-corrected chi connectivity index (χ3v) is 10.3. The van der Waals surface area contributed by atoms with Crippen molar-refractivity contribution in [3.63, 3.8) is 0 Å². The predicted octanol–water partition coefficient (Wildman–Crippen LogP) is 5.07. The zero-order chi connectivity index (χ0) is 16.4. The van der Waals surface area contributed by atoms with Crippen LogP contribution in [0.4, 0.5) is 0 Å². The lowest BCUT2D eigenvalue weighted by atomic mass is 10.0. The number of rotatable bonds is 4. The first-order valence-corrected chi connectivity index (χ1v) is 11.6. The van der Waals surface area contributed by atoms with E-state index in [1.165, 1.54) is 0 Å². The van der Waals surface area contributed by atoms with Crippen LogP contribution in [-0.4, -0.2) is 25.5 Å². The van der Waals surface area contributed by atoms with Crippen molar-refractivity contribution in [2.24, 2.45) is 0 Å². The number of hydrogen-bond acceptors (Lipinski definition) is 3. The van der Waals surface area contributed by atoms with Gasteiger partial charge in [-0.25, -0.2) is 0 Å². The Morgan fingerprint density at radius 3 is 2.41 bits per heavy atom. The molecule has 0 spiro atoms. The van der Waals surface area contributed by atoms with E-state index in [2.05, 4.69) is 46.0 Å². The molecular formula is C18H26O2SSi. The molecule has 0 saturated heterocycles. The van der Waals surface area contributed by atoms with Gasteiger partial charge in [-0.2, -0.15) is 0 Å². The Balaban J connectivity index is 2.05. The molecule has 0 fully saturated rings. The Morgan fingerprint density at radius 1 is 1.18 bits per heavy atom. The highest BCUT2D eigenvalue weighted by atomic mass is 32.2. The van der Waals surface area contributed by atoms with Gasteiger partial charge in [-0.3, -0.25) is 4.79 Å². The fourth-order valence-corrected chi connectivity index (χ4v) is 4.54. The average Bonchev–Trinajstić information content (AvgIpc) is 2.42. The zero-order valence-corrected chi connectivity index (χ0v) is 15.9.